The lowest BCUT2D eigenvalue weighted by atomic mass is 9.89. The van der Waals surface area contributed by atoms with Crippen molar-refractivity contribution >= 4 is 18.0 Å². The quantitative estimate of drug-likeness (QED) is 0.645. The van der Waals surface area contributed by atoms with Crippen LogP contribution in [0.5, 0.6) is 0 Å². The van der Waals surface area contributed by atoms with Crippen molar-refractivity contribution < 1.29 is 23.8 Å². The third-order valence-corrected chi connectivity index (χ3v) is 4.77. The topological polar surface area (TPSA) is 76.7 Å². The SMILES string of the molecule is C=C(C)[C@H]1CCC2=C[C@@H](C/C(C)=C\c3cc(C(=O)O)c(o3)C1)OC2=O. The smallest absolute Gasteiger partial charge is 0.339 e. The number of furan rings is 1. The van der Waals surface area contributed by atoms with E-state index in [0.29, 0.717) is 42.8 Å². The van der Waals surface area contributed by atoms with E-state index in [2.05, 4.69) is 6.58 Å². The highest BCUT2D eigenvalue weighted by Gasteiger charge is 2.28. The van der Waals surface area contributed by atoms with E-state index in [-0.39, 0.29) is 23.6 Å². The summed E-state index contributed by atoms with van der Waals surface area (Å²) in [5.41, 5.74) is 2.79. The molecule has 0 saturated carbocycles. The van der Waals surface area contributed by atoms with Gasteiger partial charge in [-0.25, -0.2) is 9.59 Å². The second kappa shape index (κ2) is 6.75. The zero-order chi connectivity index (χ0) is 18.1. The molecule has 0 saturated heterocycles. The molecule has 3 rings (SSSR count). The lowest BCUT2D eigenvalue weighted by Gasteiger charge is -2.16. The molecule has 1 aromatic heterocycles. The first-order valence-corrected chi connectivity index (χ1v) is 8.43. The maximum absolute atomic E-state index is 12.0. The summed E-state index contributed by atoms with van der Waals surface area (Å²) in [7, 11) is 0. The van der Waals surface area contributed by atoms with E-state index in [9.17, 15) is 14.7 Å². The number of rotatable bonds is 2. The Balaban J connectivity index is 2.01. The minimum absolute atomic E-state index is 0.0377. The van der Waals surface area contributed by atoms with E-state index in [4.69, 9.17) is 9.15 Å². The predicted octanol–water partition coefficient (Wildman–Crippen LogP) is 4.15. The number of aromatic carboxylic acids is 1. The van der Waals surface area contributed by atoms with Crippen LogP contribution in [0.1, 0.15) is 55.0 Å². The van der Waals surface area contributed by atoms with Crippen LogP contribution in [-0.2, 0) is 16.0 Å². The molecule has 5 heteroatoms. The molecule has 0 unspecified atom stereocenters. The molecule has 25 heavy (non-hydrogen) atoms. The molecule has 5 nitrogen and oxygen atoms in total. The highest BCUT2D eigenvalue weighted by Crippen LogP contribution is 2.31. The molecule has 1 aromatic rings. The number of carboxylic acids is 1. The molecule has 0 spiro atoms. The molecule has 3 heterocycles. The van der Waals surface area contributed by atoms with Crippen LogP contribution in [0.3, 0.4) is 0 Å². The summed E-state index contributed by atoms with van der Waals surface area (Å²) in [4.78, 5) is 23.6. The number of fused-ring (bicyclic) bond motifs is 3. The number of carbonyl (C=O) groups excluding carboxylic acids is 1. The lowest BCUT2D eigenvalue weighted by molar-refractivity contribution is -0.139. The van der Waals surface area contributed by atoms with Crippen molar-refractivity contribution in [1.82, 2.24) is 0 Å². The van der Waals surface area contributed by atoms with Crippen molar-refractivity contribution in [3.8, 4) is 0 Å². The van der Waals surface area contributed by atoms with Crippen LogP contribution in [-0.4, -0.2) is 23.1 Å². The molecule has 0 radical (unpaired) electrons. The molecule has 4 bridgehead atoms. The van der Waals surface area contributed by atoms with Gasteiger partial charge in [0.25, 0.3) is 0 Å². The molecular weight excluding hydrogens is 320 g/mol. The van der Waals surface area contributed by atoms with Crippen molar-refractivity contribution in [3.63, 3.8) is 0 Å². The molecule has 2 aliphatic heterocycles. The van der Waals surface area contributed by atoms with Crippen molar-refractivity contribution in [2.45, 2.75) is 45.6 Å². The fraction of sp³-hybridized carbons (Fsp3) is 0.400. The lowest BCUT2D eigenvalue weighted by Crippen LogP contribution is -2.11. The Bertz CT molecular complexity index is 793. The molecule has 132 valence electrons. The van der Waals surface area contributed by atoms with Crippen molar-refractivity contribution in [2.24, 2.45) is 5.92 Å². The fourth-order valence-corrected chi connectivity index (χ4v) is 3.37. The summed E-state index contributed by atoms with van der Waals surface area (Å²) in [6.07, 6.45) is 5.76. The van der Waals surface area contributed by atoms with Gasteiger partial charge < -0.3 is 14.3 Å². The van der Waals surface area contributed by atoms with Gasteiger partial charge in [-0.3, -0.25) is 0 Å². The Morgan fingerprint density at radius 2 is 2.12 bits per heavy atom. The van der Waals surface area contributed by atoms with Crippen molar-refractivity contribution in [2.75, 3.05) is 0 Å². The molecule has 0 amide bonds. The number of hydrogen-bond donors (Lipinski definition) is 1. The summed E-state index contributed by atoms with van der Waals surface area (Å²) in [6.45, 7) is 7.85. The first kappa shape index (κ1) is 17.3. The van der Waals surface area contributed by atoms with Gasteiger partial charge in [0.05, 0.1) is 0 Å². The van der Waals surface area contributed by atoms with Crippen molar-refractivity contribution in [3.05, 3.63) is 52.5 Å². The van der Waals surface area contributed by atoms with Crippen LogP contribution in [0.25, 0.3) is 6.08 Å². The fourth-order valence-electron chi connectivity index (χ4n) is 3.37. The van der Waals surface area contributed by atoms with Gasteiger partial charge in [0.15, 0.2) is 0 Å². The monoisotopic (exact) mass is 342 g/mol. The van der Waals surface area contributed by atoms with E-state index in [1.54, 1.807) is 6.07 Å². The number of carboxylic acid groups (broad SMARTS) is 1. The maximum Gasteiger partial charge on any atom is 0.339 e. The van der Waals surface area contributed by atoms with Crippen LogP contribution in [0.2, 0.25) is 0 Å². The number of hydrogen-bond acceptors (Lipinski definition) is 4. The Kier molecular flexibility index (Phi) is 4.66. The second-order valence-electron chi connectivity index (χ2n) is 6.91. The summed E-state index contributed by atoms with van der Waals surface area (Å²) in [6, 6.07) is 1.56. The first-order chi connectivity index (χ1) is 11.8. The van der Waals surface area contributed by atoms with Gasteiger partial charge >= 0.3 is 11.9 Å². The third-order valence-electron chi connectivity index (χ3n) is 4.77. The number of esters is 1. The minimum Gasteiger partial charge on any atom is -0.478 e. The zero-order valence-electron chi connectivity index (χ0n) is 14.5. The average Bonchev–Trinajstić information content (AvgIpc) is 3.06. The van der Waals surface area contributed by atoms with Crippen LogP contribution >= 0.6 is 0 Å². The summed E-state index contributed by atoms with van der Waals surface area (Å²) in [5, 5.41) is 9.46. The van der Waals surface area contributed by atoms with Gasteiger partial charge in [-0.1, -0.05) is 17.7 Å². The average molecular weight is 342 g/mol. The highest BCUT2D eigenvalue weighted by molar-refractivity contribution is 5.91. The summed E-state index contributed by atoms with van der Waals surface area (Å²) >= 11 is 0. The molecule has 2 atom stereocenters. The highest BCUT2D eigenvalue weighted by atomic mass is 16.5. The number of allylic oxidation sites excluding steroid dienone is 1. The zero-order valence-corrected chi connectivity index (χ0v) is 14.5. The van der Waals surface area contributed by atoms with Crippen LogP contribution in [0.15, 0.2) is 39.9 Å². The van der Waals surface area contributed by atoms with Crippen LogP contribution in [0.4, 0.5) is 0 Å². The van der Waals surface area contributed by atoms with E-state index in [1.165, 1.54) is 0 Å². The third kappa shape index (κ3) is 3.76. The normalized spacial score (nSPS) is 25.6. The van der Waals surface area contributed by atoms with Gasteiger partial charge in [-0.05, 0) is 50.8 Å². The Labute approximate surface area is 146 Å². The molecule has 0 fully saturated rings. The van der Waals surface area contributed by atoms with E-state index >= 15 is 0 Å². The van der Waals surface area contributed by atoms with Gasteiger partial charge in [-0.2, -0.15) is 0 Å². The van der Waals surface area contributed by atoms with Crippen molar-refractivity contribution in [1.29, 1.82) is 0 Å². The Morgan fingerprint density at radius 3 is 2.80 bits per heavy atom. The van der Waals surface area contributed by atoms with Gasteiger partial charge in [-0.15, -0.1) is 0 Å². The second-order valence-corrected chi connectivity index (χ2v) is 6.91. The number of ether oxygens (including phenoxy) is 1. The standard InChI is InChI=1S/C20H22O5/c1-11(2)13-4-5-14-8-15(25-20(14)23)6-12(3)7-16-10-17(19(21)22)18(9-13)24-16/h7-8,10,13,15H,1,4-6,9H2,2-3H3,(H,21,22)/b12-7-/t13-,15+/m0/s1. The predicted molar refractivity (Wildman–Crippen MR) is 93.1 cm³/mol. The van der Waals surface area contributed by atoms with Gasteiger partial charge in [0, 0.05) is 18.4 Å². The molecule has 0 aliphatic carbocycles. The van der Waals surface area contributed by atoms with Crippen LogP contribution < -0.4 is 0 Å². The van der Waals surface area contributed by atoms with Gasteiger partial charge in [0.2, 0.25) is 0 Å². The van der Waals surface area contributed by atoms with E-state index < -0.39 is 5.97 Å². The largest absolute Gasteiger partial charge is 0.478 e. The summed E-state index contributed by atoms with van der Waals surface area (Å²) < 4.78 is 11.2. The van der Waals surface area contributed by atoms with E-state index in [0.717, 1.165) is 11.1 Å². The Hall–Kier alpha value is -2.56. The summed E-state index contributed by atoms with van der Waals surface area (Å²) in [5.74, 6) is -0.238. The number of carbonyl (C=O) groups is 2. The Morgan fingerprint density at radius 1 is 1.36 bits per heavy atom. The molecule has 2 aliphatic rings. The molecular formula is C20H22O5. The first-order valence-electron chi connectivity index (χ1n) is 8.43. The minimum atomic E-state index is -0.995. The molecule has 1 N–H and O–H groups in total. The maximum atomic E-state index is 12.0. The van der Waals surface area contributed by atoms with Gasteiger partial charge in [0.1, 0.15) is 23.2 Å². The van der Waals surface area contributed by atoms with E-state index in [1.807, 2.05) is 26.0 Å². The van der Waals surface area contributed by atoms with Crippen LogP contribution in [0, 0.1) is 5.92 Å². The molecule has 0 aromatic carbocycles.